The van der Waals surface area contributed by atoms with Crippen molar-refractivity contribution in [2.24, 2.45) is 0 Å². The molecule has 0 aliphatic rings. The molecule has 0 bridgehead atoms. The van der Waals surface area contributed by atoms with E-state index in [1.807, 2.05) is 19.1 Å². The lowest BCUT2D eigenvalue weighted by atomic mass is 10.1. The predicted octanol–water partition coefficient (Wildman–Crippen LogP) is 3.22. The minimum atomic E-state index is 0.559. The van der Waals surface area contributed by atoms with Crippen molar-refractivity contribution in [3.05, 3.63) is 30.3 Å². The van der Waals surface area contributed by atoms with E-state index in [9.17, 15) is 0 Å². The quantitative estimate of drug-likeness (QED) is 0.742. The Morgan fingerprint density at radius 2 is 2.29 bits per heavy atom. The van der Waals surface area contributed by atoms with Gasteiger partial charge in [-0.05, 0) is 24.6 Å². The van der Waals surface area contributed by atoms with E-state index in [1.165, 1.54) is 0 Å². The highest BCUT2D eigenvalue weighted by Gasteiger charge is 2.15. The van der Waals surface area contributed by atoms with Crippen molar-refractivity contribution in [1.82, 2.24) is 10.1 Å². The zero-order chi connectivity index (χ0) is 12.1. The molecule has 2 aromatic heterocycles. The number of aromatic nitrogens is 2. The van der Waals surface area contributed by atoms with Crippen LogP contribution in [0.1, 0.15) is 25.5 Å². The molecule has 0 aromatic carbocycles. The Kier molecular flexibility index (Phi) is 3.75. The molecule has 0 saturated carbocycles. The van der Waals surface area contributed by atoms with Gasteiger partial charge < -0.3 is 9.26 Å². The molecule has 90 valence electrons. The van der Waals surface area contributed by atoms with Crippen molar-refractivity contribution in [2.45, 2.75) is 26.7 Å². The Bertz CT molecular complexity index is 466. The van der Waals surface area contributed by atoms with Gasteiger partial charge >= 0.3 is 0 Å². The van der Waals surface area contributed by atoms with Gasteiger partial charge in [-0.15, -0.1) is 0 Å². The van der Waals surface area contributed by atoms with Gasteiger partial charge in [0.1, 0.15) is 5.76 Å². The molecule has 0 saturated heterocycles. The third-order valence-electron chi connectivity index (χ3n) is 2.52. The fourth-order valence-corrected chi connectivity index (χ4v) is 1.60. The van der Waals surface area contributed by atoms with Crippen LogP contribution in [0.4, 0.5) is 0 Å². The van der Waals surface area contributed by atoms with E-state index in [-0.39, 0.29) is 0 Å². The molecule has 0 aliphatic heterocycles. The predicted molar refractivity (Wildman–Crippen MR) is 64.9 cm³/mol. The lowest BCUT2D eigenvalue weighted by Gasteiger charge is -2.04. The van der Waals surface area contributed by atoms with Crippen LogP contribution in [0.3, 0.4) is 0 Å². The van der Waals surface area contributed by atoms with Crippen molar-refractivity contribution in [2.75, 3.05) is 6.61 Å². The Balaban J connectivity index is 2.24. The number of aryl methyl sites for hydroxylation is 1. The summed E-state index contributed by atoms with van der Waals surface area (Å²) in [6.07, 6.45) is 5.63. The molecule has 0 amide bonds. The van der Waals surface area contributed by atoms with E-state index in [4.69, 9.17) is 9.26 Å². The highest BCUT2D eigenvalue weighted by molar-refractivity contribution is 5.69. The summed E-state index contributed by atoms with van der Waals surface area (Å²) in [5.74, 6) is 1.31. The maximum Gasteiger partial charge on any atom is 0.262 e. The van der Waals surface area contributed by atoms with Gasteiger partial charge in [0.2, 0.25) is 0 Å². The molecule has 0 atom stereocenters. The molecule has 2 aromatic rings. The van der Waals surface area contributed by atoms with Gasteiger partial charge in [0.15, 0.2) is 0 Å². The molecule has 17 heavy (non-hydrogen) atoms. The average molecular weight is 232 g/mol. The number of ether oxygens (including phenoxy) is 1. The van der Waals surface area contributed by atoms with Crippen LogP contribution in [0.25, 0.3) is 11.1 Å². The van der Waals surface area contributed by atoms with E-state index in [2.05, 4.69) is 17.1 Å². The number of nitrogens with zero attached hydrogens (tertiary/aromatic N) is 2. The van der Waals surface area contributed by atoms with E-state index in [1.54, 1.807) is 12.4 Å². The summed E-state index contributed by atoms with van der Waals surface area (Å²) in [7, 11) is 0. The second kappa shape index (κ2) is 5.48. The van der Waals surface area contributed by atoms with E-state index >= 15 is 0 Å². The lowest BCUT2D eigenvalue weighted by molar-refractivity contribution is 0.272. The minimum Gasteiger partial charge on any atom is -0.475 e. The molecule has 0 spiro atoms. The summed E-state index contributed by atoms with van der Waals surface area (Å²) in [4.78, 5) is 4.09. The van der Waals surface area contributed by atoms with Crippen molar-refractivity contribution >= 4 is 0 Å². The van der Waals surface area contributed by atoms with E-state index < -0.39 is 0 Å². The third-order valence-corrected chi connectivity index (χ3v) is 2.52. The topological polar surface area (TPSA) is 48.2 Å². The third kappa shape index (κ3) is 2.64. The molecule has 2 heterocycles. The summed E-state index contributed by atoms with van der Waals surface area (Å²) in [6.45, 7) is 4.66. The highest BCUT2D eigenvalue weighted by atomic mass is 16.5. The monoisotopic (exact) mass is 232 g/mol. The van der Waals surface area contributed by atoms with Gasteiger partial charge in [-0.3, -0.25) is 4.98 Å². The van der Waals surface area contributed by atoms with Crippen molar-refractivity contribution < 1.29 is 9.26 Å². The number of hydrogen-bond donors (Lipinski definition) is 0. The normalized spacial score (nSPS) is 10.5. The lowest BCUT2D eigenvalue weighted by Crippen LogP contribution is -1.98. The van der Waals surface area contributed by atoms with Gasteiger partial charge in [0.25, 0.3) is 5.88 Å². The van der Waals surface area contributed by atoms with Crippen molar-refractivity contribution in [3.63, 3.8) is 0 Å². The molecule has 0 fully saturated rings. The maximum absolute atomic E-state index is 5.62. The first-order valence-corrected chi connectivity index (χ1v) is 5.82. The molecule has 4 heteroatoms. The summed E-state index contributed by atoms with van der Waals surface area (Å²) in [5, 5.41) is 3.94. The van der Waals surface area contributed by atoms with Gasteiger partial charge in [0, 0.05) is 18.0 Å². The minimum absolute atomic E-state index is 0.559. The molecule has 2 rings (SSSR count). The van der Waals surface area contributed by atoms with Crippen LogP contribution in [0.2, 0.25) is 0 Å². The van der Waals surface area contributed by atoms with Gasteiger partial charge in [-0.1, -0.05) is 19.4 Å². The largest absolute Gasteiger partial charge is 0.475 e. The summed E-state index contributed by atoms with van der Waals surface area (Å²) >= 11 is 0. The van der Waals surface area contributed by atoms with Gasteiger partial charge in [0.05, 0.1) is 12.2 Å². The number of hydrogen-bond acceptors (Lipinski definition) is 4. The van der Waals surface area contributed by atoms with Crippen LogP contribution in [-0.4, -0.2) is 16.7 Å². The van der Waals surface area contributed by atoms with Gasteiger partial charge in [-0.25, -0.2) is 0 Å². The van der Waals surface area contributed by atoms with Crippen molar-refractivity contribution in [1.29, 1.82) is 0 Å². The Morgan fingerprint density at radius 3 is 3.00 bits per heavy atom. The zero-order valence-corrected chi connectivity index (χ0v) is 10.1. The molecular weight excluding hydrogens is 216 g/mol. The SMILES string of the molecule is CCCCOc1noc(C)c1-c1cccnc1. The van der Waals surface area contributed by atoms with E-state index in [0.717, 1.165) is 29.7 Å². The summed E-state index contributed by atoms with van der Waals surface area (Å²) in [6, 6.07) is 3.86. The second-order valence-corrected chi connectivity index (χ2v) is 3.86. The number of pyridine rings is 1. The van der Waals surface area contributed by atoms with Crippen LogP contribution in [0.5, 0.6) is 5.88 Å². The summed E-state index contributed by atoms with van der Waals surface area (Å²) in [5.41, 5.74) is 1.87. The maximum atomic E-state index is 5.62. The van der Waals surface area contributed by atoms with Crippen molar-refractivity contribution in [3.8, 4) is 17.0 Å². The Hall–Kier alpha value is -1.84. The summed E-state index contributed by atoms with van der Waals surface area (Å²) < 4.78 is 10.8. The molecule has 4 nitrogen and oxygen atoms in total. The first-order valence-electron chi connectivity index (χ1n) is 5.82. The van der Waals surface area contributed by atoms with Crippen LogP contribution in [0.15, 0.2) is 29.0 Å². The number of unbranched alkanes of at least 4 members (excludes halogenated alkanes) is 1. The van der Waals surface area contributed by atoms with Crippen LogP contribution >= 0.6 is 0 Å². The second-order valence-electron chi connectivity index (χ2n) is 3.86. The zero-order valence-electron chi connectivity index (χ0n) is 10.1. The van der Waals surface area contributed by atoms with E-state index in [0.29, 0.717) is 12.5 Å². The van der Waals surface area contributed by atoms with Crippen LogP contribution in [0, 0.1) is 6.92 Å². The molecular formula is C13H16N2O2. The first-order chi connectivity index (χ1) is 8.33. The van der Waals surface area contributed by atoms with Crippen LogP contribution < -0.4 is 4.74 Å². The fourth-order valence-electron chi connectivity index (χ4n) is 1.60. The Labute approximate surface area is 101 Å². The molecule has 0 radical (unpaired) electrons. The molecule has 0 unspecified atom stereocenters. The van der Waals surface area contributed by atoms with Gasteiger partial charge in [-0.2, -0.15) is 0 Å². The number of rotatable bonds is 5. The standard InChI is InChI=1S/C13H16N2O2/c1-3-4-8-16-13-12(10(2)17-15-13)11-6-5-7-14-9-11/h5-7,9H,3-4,8H2,1-2H3. The van der Waals surface area contributed by atoms with Crippen LogP contribution in [-0.2, 0) is 0 Å². The Morgan fingerprint density at radius 1 is 1.41 bits per heavy atom. The average Bonchev–Trinajstić information content (AvgIpc) is 2.72. The molecule has 0 N–H and O–H groups in total. The first kappa shape index (κ1) is 11.6. The smallest absolute Gasteiger partial charge is 0.262 e. The molecule has 0 aliphatic carbocycles. The fraction of sp³-hybridized carbons (Fsp3) is 0.385. The highest BCUT2D eigenvalue weighted by Crippen LogP contribution is 2.31.